The molecule has 0 aromatic rings. The first-order valence-electron chi connectivity index (χ1n) is 5.23. The lowest BCUT2D eigenvalue weighted by Crippen LogP contribution is -2.32. The number of ether oxygens (including phenoxy) is 1. The third-order valence-electron chi connectivity index (χ3n) is 2.45. The van der Waals surface area contributed by atoms with Gasteiger partial charge >= 0.3 is 0 Å². The molecule has 1 nitrogen and oxygen atoms in total. The van der Waals surface area contributed by atoms with E-state index in [0.717, 1.165) is 5.25 Å². The summed E-state index contributed by atoms with van der Waals surface area (Å²) in [6.07, 6.45) is 5.82. The maximum Gasteiger partial charge on any atom is 0.0690 e. The van der Waals surface area contributed by atoms with Crippen LogP contribution in [0.15, 0.2) is 0 Å². The summed E-state index contributed by atoms with van der Waals surface area (Å²) in [5.41, 5.74) is 0. The molecule has 1 rings (SSSR count). The predicted octanol–water partition coefficient (Wildman–Crippen LogP) is 3.48. The minimum absolute atomic E-state index is 0.374. The van der Waals surface area contributed by atoms with Gasteiger partial charge in [0.1, 0.15) is 0 Å². The molecule has 1 aliphatic rings. The topological polar surface area (TPSA) is 9.23 Å². The molecule has 0 heterocycles. The van der Waals surface area contributed by atoms with E-state index in [4.69, 9.17) is 4.74 Å². The third kappa shape index (κ3) is 3.90. The van der Waals surface area contributed by atoms with E-state index >= 15 is 0 Å². The Labute approximate surface area is 86.6 Å². The summed E-state index contributed by atoms with van der Waals surface area (Å²) in [6, 6.07) is 0. The first-order valence-corrected chi connectivity index (χ1v) is 6.11. The lowest BCUT2D eigenvalue weighted by Gasteiger charge is -2.34. The minimum Gasteiger partial charge on any atom is -0.380 e. The monoisotopic (exact) mass is 202 g/mol. The summed E-state index contributed by atoms with van der Waals surface area (Å²) in [4.78, 5) is 0. The molecule has 1 fully saturated rings. The second-order valence-corrected chi connectivity index (χ2v) is 6.89. The molecule has 0 aromatic heterocycles. The maximum absolute atomic E-state index is 5.53. The highest BCUT2D eigenvalue weighted by molar-refractivity contribution is 8.01. The van der Waals surface area contributed by atoms with Crippen LogP contribution in [0.3, 0.4) is 0 Å². The van der Waals surface area contributed by atoms with Crippen molar-refractivity contribution in [1.29, 1.82) is 0 Å². The van der Waals surface area contributed by atoms with Crippen LogP contribution in [-0.4, -0.2) is 23.2 Å². The van der Waals surface area contributed by atoms with Crippen molar-refractivity contribution in [3.63, 3.8) is 0 Å². The first-order chi connectivity index (χ1) is 6.03. The van der Waals surface area contributed by atoms with Crippen LogP contribution >= 0.6 is 11.8 Å². The zero-order valence-corrected chi connectivity index (χ0v) is 10.1. The number of hydrogen-bond acceptors (Lipinski definition) is 2. The van der Waals surface area contributed by atoms with Gasteiger partial charge in [-0.3, -0.25) is 0 Å². The highest BCUT2D eigenvalue weighted by Crippen LogP contribution is 2.37. The quantitative estimate of drug-likeness (QED) is 0.678. The van der Waals surface area contributed by atoms with E-state index in [2.05, 4.69) is 32.5 Å². The third-order valence-corrected chi connectivity index (χ3v) is 4.00. The fourth-order valence-electron chi connectivity index (χ4n) is 1.92. The maximum atomic E-state index is 5.53. The van der Waals surface area contributed by atoms with Crippen LogP contribution in [0.25, 0.3) is 0 Å². The lowest BCUT2D eigenvalue weighted by molar-refractivity contribution is 0.0760. The second kappa shape index (κ2) is 4.70. The van der Waals surface area contributed by atoms with Crippen molar-refractivity contribution in [1.82, 2.24) is 0 Å². The Morgan fingerprint density at radius 2 is 1.77 bits per heavy atom. The summed E-state index contributed by atoms with van der Waals surface area (Å²) in [6.45, 7) is 6.87. The zero-order chi connectivity index (χ0) is 9.90. The molecule has 0 N–H and O–H groups in total. The summed E-state index contributed by atoms with van der Waals surface area (Å²) >= 11 is 2.09. The average Bonchev–Trinajstić information content (AvgIpc) is 2.02. The van der Waals surface area contributed by atoms with Gasteiger partial charge in [0, 0.05) is 17.1 Å². The molecule has 13 heavy (non-hydrogen) atoms. The van der Waals surface area contributed by atoms with E-state index in [1.807, 2.05) is 7.11 Å². The molecule has 2 atom stereocenters. The standard InChI is InChI=1S/C11H22OS/c1-11(2,3)13-10-8-6-5-7-9(10)12-4/h9-10H,5-8H2,1-4H3. The number of rotatable bonds is 2. The van der Waals surface area contributed by atoms with Gasteiger partial charge in [0.2, 0.25) is 0 Å². The smallest absolute Gasteiger partial charge is 0.0690 e. The van der Waals surface area contributed by atoms with E-state index in [1.54, 1.807) is 0 Å². The van der Waals surface area contributed by atoms with Crippen LogP contribution in [-0.2, 0) is 4.74 Å². The van der Waals surface area contributed by atoms with Crippen LogP contribution in [0.1, 0.15) is 46.5 Å². The molecule has 0 amide bonds. The van der Waals surface area contributed by atoms with Crippen molar-refractivity contribution in [2.45, 2.75) is 62.6 Å². The summed E-state index contributed by atoms with van der Waals surface area (Å²) in [5.74, 6) is 0. The van der Waals surface area contributed by atoms with E-state index in [9.17, 15) is 0 Å². The molecule has 78 valence electrons. The van der Waals surface area contributed by atoms with Gasteiger partial charge in [-0.1, -0.05) is 33.6 Å². The highest BCUT2D eigenvalue weighted by Gasteiger charge is 2.29. The SMILES string of the molecule is COC1CCCCC1SC(C)(C)C. The Hall–Kier alpha value is 0.310. The van der Waals surface area contributed by atoms with Gasteiger partial charge < -0.3 is 4.74 Å². The van der Waals surface area contributed by atoms with Gasteiger partial charge in [-0.25, -0.2) is 0 Å². The minimum atomic E-state index is 0.374. The fraction of sp³-hybridized carbons (Fsp3) is 1.00. The van der Waals surface area contributed by atoms with Crippen LogP contribution in [0, 0.1) is 0 Å². The molecule has 0 spiro atoms. The zero-order valence-electron chi connectivity index (χ0n) is 9.30. The molecule has 0 aliphatic heterocycles. The summed E-state index contributed by atoms with van der Waals surface area (Å²) in [5, 5.41) is 0.721. The van der Waals surface area contributed by atoms with Crippen LogP contribution in [0.5, 0.6) is 0 Å². The van der Waals surface area contributed by atoms with Crippen molar-refractivity contribution in [2.75, 3.05) is 7.11 Å². The van der Waals surface area contributed by atoms with Crippen LogP contribution in [0.2, 0.25) is 0 Å². The number of thioether (sulfide) groups is 1. The molecular formula is C11H22OS. The number of hydrogen-bond donors (Lipinski definition) is 0. The van der Waals surface area contributed by atoms with Gasteiger partial charge in [-0.15, -0.1) is 11.8 Å². The first kappa shape index (κ1) is 11.4. The average molecular weight is 202 g/mol. The van der Waals surface area contributed by atoms with Crippen molar-refractivity contribution < 1.29 is 4.74 Å². The Balaban J connectivity index is 2.45. The molecule has 0 aromatic carbocycles. The van der Waals surface area contributed by atoms with E-state index in [-0.39, 0.29) is 0 Å². The van der Waals surface area contributed by atoms with Crippen molar-refractivity contribution >= 4 is 11.8 Å². The Kier molecular flexibility index (Phi) is 4.11. The largest absolute Gasteiger partial charge is 0.380 e. The van der Waals surface area contributed by atoms with Crippen molar-refractivity contribution in [3.8, 4) is 0 Å². The molecule has 2 heteroatoms. The molecule has 2 unspecified atom stereocenters. The van der Waals surface area contributed by atoms with Gasteiger partial charge in [0.25, 0.3) is 0 Å². The van der Waals surface area contributed by atoms with Gasteiger partial charge in [-0.2, -0.15) is 0 Å². The van der Waals surface area contributed by atoms with Crippen LogP contribution < -0.4 is 0 Å². The summed E-state index contributed by atoms with van der Waals surface area (Å²) < 4.78 is 5.90. The normalized spacial score (nSPS) is 30.5. The van der Waals surface area contributed by atoms with E-state index in [0.29, 0.717) is 10.9 Å². The Morgan fingerprint density at radius 1 is 1.15 bits per heavy atom. The number of methoxy groups -OCH3 is 1. The molecule has 0 bridgehead atoms. The van der Waals surface area contributed by atoms with Crippen LogP contribution in [0.4, 0.5) is 0 Å². The van der Waals surface area contributed by atoms with Gasteiger partial charge in [0.15, 0.2) is 0 Å². The van der Waals surface area contributed by atoms with E-state index in [1.165, 1.54) is 25.7 Å². The predicted molar refractivity (Wildman–Crippen MR) is 60.4 cm³/mol. The summed E-state index contributed by atoms with van der Waals surface area (Å²) in [7, 11) is 1.85. The van der Waals surface area contributed by atoms with Gasteiger partial charge in [0.05, 0.1) is 6.10 Å². The van der Waals surface area contributed by atoms with Crippen molar-refractivity contribution in [2.24, 2.45) is 0 Å². The molecule has 0 radical (unpaired) electrons. The van der Waals surface area contributed by atoms with Crippen molar-refractivity contribution in [3.05, 3.63) is 0 Å². The van der Waals surface area contributed by atoms with E-state index < -0.39 is 0 Å². The molecule has 1 aliphatic carbocycles. The molecule has 0 saturated heterocycles. The molecular weight excluding hydrogens is 180 g/mol. The Bertz CT molecular complexity index is 151. The molecule has 1 saturated carbocycles. The highest BCUT2D eigenvalue weighted by atomic mass is 32.2. The van der Waals surface area contributed by atoms with Gasteiger partial charge in [-0.05, 0) is 12.8 Å². The fourth-order valence-corrected chi connectivity index (χ4v) is 3.51. The second-order valence-electron chi connectivity index (χ2n) is 4.83. The lowest BCUT2D eigenvalue weighted by atomic mass is 9.97. The Morgan fingerprint density at radius 3 is 2.31 bits per heavy atom.